The molecule has 1 N–H and O–H groups in total. The summed E-state index contributed by atoms with van der Waals surface area (Å²) in [6, 6.07) is 8.67. The summed E-state index contributed by atoms with van der Waals surface area (Å²) in [7, 11) is -2.21. The maximum atomic E-state index is 13.8. The van der Waals surface area contributed by atoms with E-state index in [0.29, 0.717) is 18.8 Å². The second-order valence-corrected chi connectivity index (χ2v) is 11.8. The lowest BCUT2D eigenvalue weighted by atomic mass is 10.1. The van der Waals surface area contributed by atoms with Gasteiger partial charge < -0.3 is 19.9 Å². The van der Waals surface area contributed by atoms with Crippen molar-refractivity contribution in [3.8, 4) is 0 Å². The lowest BCUT2D eigenvalue weighted by Gasteiger charge is -2.33. The number of ether oxygens (including phenoxy) is 1. The highest BCUT2D eigenvalue weighted by Crippen LogP contribution is 2.35. The number of nitrogens with zero attached hydrogens (tertiary/aromatic N) is 6. The van der Waals surface area contributed by atoms with Gasteiger partial charge >= 0.3 is 6.09 Å². The van der Waals surface area contributed by atoms with Crippen molar-refractivity contribution in [1.29, 1.82) is 0 Å². The van der Waals surface area contributed by atoms with Crippen molar-refractivity contribution in [2.45, 2.75) is 24.9 Å². The molecular weight excluding hydrogens is 573 g/mol. The van der Waals surface area contributed by atoms with Crippen LogP contribution in [0.25, 0.3) is 0 Å². The van der Waals surface area contributed by atoms with Crippen LogP contribution in [0, 0.1) is 15.9 Å². The summed E-state index contributed by atoms with van der Waals surface area (Å²) in [5.74, 6) is -1.58. The van der Waals surface area contributed by atoms with Crippen molar-refractivity contribution in [2.75, 3.05) is 50.1 Å². The number of hydrogen-bond donors (Lipinski definition) is 1. The van der Waals surface area contributed by atoms with Gasteiger partial charge in [0.25, 0.3) is 11.6 Å². The predicted molar refractivity (Wildman–Crippen MR) is 148 cm³/mol. The van der Waals surface area contributed by atoms with Crippen LogP contribution in [0.15, 0.2) is 47.4 Å². The van der Waals surface area contributed by atoms with Gasteiger partial charge in [0.1, 0.15) is 11.5 Å². The average molecular weight is 602 g/mol. The third-order valence-electron chi connectivity index (χ3n) is 7.14. The van der Waals surface area contributed by atoms with Gasteiger partial charge in [-0.2, -0.15) is 8.99 Å². The standard InChI is InChI=1S/C26H28FN7O7S/c1-3-41-26(36)33-23-16-32(42(39,40)19-6-4-5-18(27)14-19)15-20(23)24(29-33)28-25(35)17-7-8-21(22(13-17)34(37)38)31-11-9-30(2)10-12-31/h4-8,13-14H,3,9-12,15-16H2,1-2H3,(H,28,29,35). The second-order valence-electron chi connectivity index (χ2n) is 9.82. The van der Waals surface area contributed by atoms with Crippen LogP contribution in [-0.4, -0.2) is 84.2 Å². The molecule has 2 aromatic carbocycles. The summed E-state index contributed by atoms with van der Waals surface area (Å²) in [6.45, 7) is 3.70. The number of piperazine rings is 1. The van der Waals surface area contributed by atoms with Crippen LogP contribution >= 0.6 is 0 Å². The second kappa shape index (κ2) is 11.5. The maximum Gasteiger partial charge on any atom is 0.435 e. The number of halogens is 1. The van der Waals surface area contributed by atoms with Crippen LogP contribution in [0.2, 0.25) is 0 Å². The van der Waals surface area contributed by atoms with Gasteiger partial charge in [0.2, 0.25) is 10.0 Å². The van der Waals surface area contributed by atoms with Crippen molar-refractivity contribution in [3.05, 3.63) is 75.2 Å². The molecule has 222 valence electrons. The molecule has 0 spiro atoms. The van der Waals surface area contributed by atoms with E-state index in [1.54, 1.807) is 6.92 Å². The molecule has 0 saturated carbocycles. The summed E-state index contributed by atoms with van der Waals surface area (Å²) < 4.78 is 47.2. The number of rotatable bonds is 7. The molecule has 16 heteroatoms. The summed E-state index contributed by atoms with van der Waals surface area (Å²) in [6.07, 6.45) is -0.883. The number of fused-ring (bicyclic) bond motifs is 1. The number of anilines is 2. The highest BCUT2D eigenvalue weighted by atomic mass is 32.2. The first-order chi connectivity index (χ1) is 20.0. The fourth-order valence-corrected chi connectivity index (χ4v) is 6.30. The Morgan fingerprint density at radius 2 is 1.86 bits per heavy atom. The molecule has 3 aromatic rings. The van der Waals surface area contributed by atoms with E-state index in [1.165, 1.54) is 30.3 Å². The average Bonchev–Trinajstić information content (AvgIpc) is 3.54. The van der Waals surface area contributed by atoms with Gasteiger partial charge in [0.05, 0.1) is 28.7 Å². The van der Waals surface area contributed by atoms with Crippen LogP contribution in [0.3, 0.4) is 0 Å². The number of carbonyl (C=O) groups is 2. The van der Waals surface area contributed by atoms with E-state index in [0.717, 1.165) is 34.2 Å². The van der Waals surface area contributed by atoms with Crippen LogP contribution < -0.4 is 10.2 Å². The van der Waals surface area contributed by atoms with E-state index >= 15 is 0 Å². The number of amides is 1. The first kappa shape index (κ1) is 29.1. The topological polar surface area (TPSA) is 160 Å². The van der Waals surface area contributed by atoms with Crippen molar-refractivity contribution in [3.63, 3.8) is 0 Å². The lowest BCUT2D eigenvalue weighted by molar-refractivity contribution is -0.384. The van der Waals surface area contributed by atoms with Crippen LogP contribution in [-0.2, 0) is 27.8 Å². The summed E-state index contributed by atoms with van der Waals surface area (Å²) in [5.41, 5.74) is 0.540. The first-order valence-electron chi connectivity index (χ1n) is 13.1. The van der Waals surface area contributed by atoms with Crippen molar-refractivity contribution in [1.82, 2.24) is 19.0 Å². The Kier molecular flexibility index (Phi) is 7.94. The van der Waals surface area contributed by atoms with Gasteiger partial charge in [-0.15, -0.1) is 5.10 Å². The number of sulfonamides is 1. The summed E-state index contributed by atoms with van der Waals surface area (Å²) in [5, 5.41) is 18.6. The fraction of sp³-hybridized carbons (Fsp3) is 0.346. The minimum absolute atomic E-state index is 0.0176. The summed E-state index contributed by atoms with van der Waals surface area (Å²) >= 11 is 0. The fourth-order valence-electron chi connectivity index (χ4n) is 4.90. The SMILES string of the molecule is CCOC(=O)n1nc(NC(=O)c2ccc(N3CCN(C)CC3)c([N+](=O)[O-])c2)c2c1CN(S(=O)(=O)c1cccc(F)c1)C2. The van der Waals surface area contributed by atoms with Crippen LogP contribution in [0.1, 0.15) is 28.5 Å². The molecule has 1 fully saturated rings. The number of benzene rings is 2. The van der Waals surface area contributed by atoms with Gasteiger partial charge in [-0.1, -0.05) is 6.07 Å². The van der Waals surface area contributed by atoms with Crippen LogP contribution in [0.5, 0.6) is 0 Å². The summed E-state index contributed by atoms with van der Waals surface area (Å²) in [4.78, 5) is 41.0. The Hall–Kier alpha value is -4.41. The van der Waals surface area contributed by atoms with Gasteiger partial charge in [-0.3, -0.25) is 14.9 Å². The molecular formula is C26H28FN7O7S. The third kappa shape index (κ3) is 5.55. The van der Waals surface area contributed by atoms with E-state index in [4.69, 9.17) is 4.74 Å². The Morgan fingerprint density at radius 1 is 1.12 bits per heavy atom. The minimum Gasteiger partial charge on any atom is -0.448 e. The number of hydrogen-bond acceptors (Lipinski definition) is 10. The molecule has 0 aliphatic carbocycles. The molecule has 0 bridgehead atoms. The Labute approximate surface area is 240 Å². The maximum absolute atomic E-state index is 13.8. The molecule has 1 saturated heterocycles. The minimum atomic E-state index is -4.18. The molecule has 5 rings (SSSR count). The number of likely N-dealkylation sites (N-methyl/N-ethyl adjacent to an activating group) is 1. The Balaban J connectivity index is 1.44. The molecule has 0 unspecified atom stereocenters. The monoisotopic (exact) mass is 601 g/mol. The zero-order valence-electron chi connectivity index (χ0n) is 22.8. The third-order valence-corrected chi connectivity index (χ3v) is 8.92. The molecule has 1 amide bonds. The predicted octanol–water partition coefficient (Wildman–Crippen LogP) is 2.64. The van der Waals surface area contributed by atoms with E-state index in [-0.39, 0.29) is 52.9 Å². The Bertz CT molecular complexity index is 1670. The van der Waals surface area contributed by atoms with Crippen LogP contribution in [0.4, 0.5) is 26.4 Å². The van der Waals surface area contributed by atoms with E-state index in [2.05, 4.69) is 15.3 Å². The van der Waals surface area contributed by atoms with Crippen molar-refractivity contribution < 1.29 is 32.1 Å². The van der Waals surface area contributed by atoms with Gasteiger partial charge in [0.15, 0.2) is 5.82 Å². The molecule has 14 nitrogen and oxygen atoms in total. The molecule has 0 atom stereocenters. The highest BCUT2D eigenvalue weighted by molar-refractivity contribution is 7.89. The number of aromatic nitrogens is 2. The van der Waals surface area contributed by atoms with Crippen molar-refractivity contribution >= 4 is 39.2 Å². The highest BCUT2D eigenvalue weighted by Gasteiger charge is 2.38. The lowest BCUT2D eigenvalue weighted by Crippen LogP contribution is -2.44. The number of nitro benzene ring substituents is 1. The van der Waals surface area contributed by atoms with E-state index in [1.807, 2.05) is 11.9 Å². The molecule has 2 aliphatic heterocycles. The zero-order chi connectivity index (χ0) is 30.2. The quantitative estimate of drug-likeness (QED) is 0.315. The molecule has 1 aromatic heterocycles. The first-order valence-corrected chi connectivity index (χ1v) is 14.5. The smallest absolute Gasteiger partial charge is 0.435 e. The zero-order valence-corrected chi connectivity index (χ0v) is 23.6. The largest absolute Gasteiger partial charge is 0.448 e. The Morgan fingerprint density at radius 3 is 2.52 bits per heavy atom. The van der Waals surface area contributed by atoms with Gasteiger partial charge in [-0.05, 0) is 44.3 Å². The van der Waals surface area contributed by atoms with Crippen molar-refractivity contribution in [2.24, 2.45) is 0 Å². The molecule has 42 heavy (non-hydrogen) atoms. The van der Waals surface area contributed by atoms with Gasteiger partial charge in [-0.25, -0.2) is 17.6 Å². The number of nitrogens with one attached hydrogen (secondary N) is 1. The number of carbonyl (C=O) groups excluding carboxylic acids is 2. The molecule has 3 heterocycles. The van der Waals surface area contributed by atoms with E-state index < -0.39 is 32.8 Å². The molecule has 0 radical (unpaired) electrons. The normalized spacial score (nSPS) is 15.8. The van der Waals surface area contributed by atoms with Gasteiger partial charge in [0, 0.05) is 49.9 Å². The molecule has 2 aliphatic rings. The van der Waals surface area contributed by atoms with E-state index in [9.17, 15) is 32.5 Å². The number of nitro groups is 1.